The van der Waals surface area contributed by atoms with E-state index in [1.807, 2.05) is 0 Å². The van der Waals surface area contributed by atoms with Crippen LogP contribution in [-0.2, 0) is 9.59 Å². The number of alkyl halides is 2. The van der Waals surface area contributed by atoms with Crippen LogP contribution < -0.4 is 21.1 Å². The van der Waals surface area contributed by atoms with Crippen molar-refractivity contribution in [2.45, 2.75) is 18.4 Å². The predicted molar refractivity (Wildman–Crippen MR) is 78.4 cm³/mol. The zero-order valence-corrected chi connectivity index (χ0v) is 12.3. The summed E-state index contributed by atoms with van der Waals surface area (Å²) >= 11 is 0. The highest BCUT2D eigenvalue weighted by molar-refractivity contribution is 5.95. The van der Waals surface area contributed by atoms with Crippen LogP contribution in [0, 0.1) is 0 Å². The summed E-state index contributed by atoms with van der Waals surface area (Å²) in [4.78, 5) is 22.5. The summed E-state index contributed by atoms with van der Waals surface area (Å²) < 4.78 is 31.1. The molecule has 1 saturated heterocycles. The van der Waals surface area contributed by atoms with Crippen LogP contribution in [0.15, 0.2) is 24.3 Å². The lowest BCUT2D eigenvalue weighted by atomic mass is 10.2. The van der Waals surface area contributed by atoms with Gasteiger partial charge in [0.15, 0.2) is 6.61 Å². The van der Waals surface area contributed by atoms with Crippen molar-refractivity contribution in [2.24, 2.45) is 5.73 Å². The van der Waals surface area contributed by atoms with E-state index in [2.05, 4.69) is 10.6 Å². The quantitative estimate of drug-likeness (QED) is 0.745. The van der Waals surface area contributed by atoms with Crippen LogP contribution in [0.5, 0.6) is 5.75 Å². The number of benzene rings is 1. The molecule has 22 heavy (non-hydrogen) atoms. The fourth-order valence-corrected chi connectivity index (χ4v) is 1.95. The van der Waals surface area contributed by atoms with E-state index >= 15 is 0 Å². The zero-order chi connectivity index (χ0) is 15.5. The van der Waals surface area contributed by atoms with Crippen LogP contribution in [0.25, 0.3) is 0 Å². The van der Waals surface area contributed by atoms with Gasteiger partial charge in [-0.2, -0.15) is 0 Å². The summed E-state index contributed by atoms with van der Waals surface area (Å²) in [6.07, 6.45) is -0.531. The molecule has 0 bridgehead atoms. The maximum atomic E-state index is 13.0. The van der Waals surface area contributed by atoms with Crippen LogP contribution in [0.4, 0.5) is 14.5 Å². The number of hydrogen-bond donors (Lipinski definition) is 3. The Labute approximate surface area is 131 Å². The smallest absolute Gasteiger partial charge is 0.262 e. The number of hydrogen-bond acceptors (Lipinski definition) is 4. The molecule has 6 nitrogen and oxygen atoms in total. The molecule has 9 heteroatoms. The molecule has 2 rings (SSSR count). The number of anilines is 1. The first-order valence-corrected chi connectivity index (χ1v) is 6.29. The number of primary amides is 1. The Hall–Kier alpha value is -1.93. The molecule has 0 spiro atoms. The van der Waals surface area contributed by atoms with Gasteiger partial charge in [-0.15, -0.1) is 12.4 Å². The summed E-state index contributed by atoms with van der Waals surface area (Å²) in [7, 11) is 0. The lowest BCUT2D eigenvalue weighted by molar-refractivity contribution is -0.120. The Bertz CT molecular complexity index is 557. The maximum absolute atomic E-state index is 13.0. The van der Waals surface area contributed by atoms with Crippen LogP contribution >= 0.6 is 12.4 Å². The molecule has 0 saturated carbocycles. The minimum Gasteiger partial charge on any atom is -0.484 e. The van der Waals surface area contributed by atoms with Crippen molar-refractivity contribution < 1.29 is 23.1 Å². The van der Waals surface area contributed by atoms with E-state index in [0.29, 0.717) is 11.4 Å². The van der Waals surface area contributed by atoms with Crippen molar-refractivity contribution in [1.82, 2.24) is 5.32 Å². The molecule has 1 heterocycles. The average molecular weight is 336 g/mol. The zero-order valence-electron chi connectivity index (χ0n) is 11.5. The molecule has 1 aliphatic rings. The minimum atomic E-state index is -2.87. The van der Waals surface area contributed by atoms with E-state index in [1.165, 1.54) is 6.07 Å². The number of carbonyl (C=O) groups is 2. The molecule has 2 amide bonds. The van der Waals surface area contributed by atoms with Crippen molar-refractivity contribution in [2.75, 3.05) is 18.5 Å². The van der Waals surface area contributed by atoms with Gasteiger partial charge in [-0.05, 0) is 12.1 Å². The third kappa shape index (κ3) is 5.12. The van der Waals surface area contributed by atoms with Crippen LogP contribution in [0.1, 0.15) is 6.42 Å². The van der Waals surface area contributed by atoms with E-state index < -0.39 is 36.7 Å². The number of rotatable bonds is 5. The molecular weight excluding hydrogens is 320 g/mol. The monoisotopic (exact) mass is 335 g/mol. The van der Waals surface area contributed by atoms with E-state index in [1.54, 1.807) is 18.2 Å². The molecule has 1 atom stereocenters. The first kappa shape index (κ1) is 18.1. The highest BCUT2D eigenvalue weighted by Gasteiger charge is 2.42. The number of ether oxygens (including phenoxy) is 1. The van der Waals surface area contributed by atoms with Gasteiger partial charge in [0, 0.05) is 18.2 Å². The molecule has 0 aliphatic carbocycles. The van der Waals surface area contributed by atoms with E-state index in [0.717, 1.165) is 0 Å². The van der Waals surface area contributed by atoms with Crippen LogP contribution in [0.3, 0.4) is 0 Å². The maximum Gasteiger partial charge on any atom is 0.262 e. The van der Waals surface area contributed by atoms with E-state index in [9.17, 15) is 18.4 Å². The predicted octanol–water partition coefficient (Wildman–Crippen LogP) is 0.908. The molecule has 1 aromatic rings. The standard InChI is InChI=1S/C13H15F2N3O3.ClH/c14-13(15)5-10(17-7-13)12(20)18-8-2-1-3-9(4-8)21-6-11(16)19;/h1-4,10,17H,5-7H2,(H2,16,19)(H,18,20);1H. The molecule has 1 aromatic carbocycles. The highest BCUT2D eigenvalue weighted by Crippen LogP contribution is 2.26. The van der Waals surface area contributed by atoms with Gasteiger partial charge >= 0.3 is 0 Å². The lowest BCUT2D eigenvalue weighted by Crippen LogP contribution is -2.35. The average Bonchev–Trinajstić information content (AvgIpc) is 2.77. The van der Waals surface area contributed by atoms with Crippen molar-refractivity contribution >= 4 is 29.9 Å². The third-order valence-corrected chi connectivity index (χ3v) is 2.91. The summed E-state index contributed by atoms with van der Waals surface area (Å²) in [6, 6.07) is 5.31. The van der Waals surface area contributed by atoms with Gasteiger partial charge in [0.05, 0.1) is 12.6 Å². The minimum absolute atomic E-state index is 0. The number of nitrogens with two attached hydrogens (primary N) is 1. The van der Waals surface area contributed by atoms with Crippen molar-refractivity contribution in [3.05, 3.63) is 24.3 Å². The van der Waals surface area contributed by atoms with Crippen molar-refractivity contribution in [3.8, 4) is 5.75 Å². The van der Waals surface area contributed by atoms with Gasteiger partial charge in [0.2, 0.25) is 5.91 Å². The summed E-state index contributed by atoms with van der Waals surface area (Å²) in [6.45, 7) is -0.791. The van der Waals surface area contributed by atoms with Gasteiger partial charge in [0.25, 0.3) is 11.8 Å². The van der Waals surface area contributed by atoms with Crippen molar-refractivity contribution in [3.63, 3.8) is 0 Å². The second-order valence-electron chi connectivity index (χ2n) is 4.77. The number of amides is 2. The topological polar surface area (TPSA) is 93.5 Å². The van der Waals surface area contributed by atoms with Gasteiger partial charge < -0.3 is 15.8 Å². The summed E-state index contributed by atoms with van der Waals surface area (Å²) in [5, 5.41) is 4.99. The Kier molecular flexibility index (Phi) is 6.07. The van der Waals surface area contributed by atoms with Crippen LogP contribution in [0.2, 0.25) is 0 Å². The van der Waals surface area contributed by atoms with Gasteiger partial charge in [-0.1, -0.05) is 6.07 Å². The van der Waals surface area contributed by atoms with Gasteiger partial charge in [-0.25, -0.2) is 8.78 Å². The highest BCUT2D eigenvalue weighted by atomic mass is 35.5. The third-order valence-electron chi connectivity index (χ3n) is 2.91. The lowest BCUT2D eigenvalue weighted by Gasteiger charge is -2.12. The molecular formula is C13H16ClF2N3O3. The summed E-state index contributed by atoms with van der Waals surface area (Å²) in [5.74, 6) is -3.69. The molecule has 4 N–H and O–H groups in total. The molecule has 0 radical (unpaired) electrons. The first-order valence-electron chi connectivity index (χ1n) is 6.29. The fraction of sp³-hybridized carbons (Fsp3) is 0.385. The SMILES string of the molecule is Cl.NC(=O)COc1cccc(NC(=O)C2CC(F)(F)CN2)c1. The number of halogens is 3. The normalized spacial score (nSPS) is 19.1. The Morgan fingerprint density at radius 2 is 2.18 bits per heavy atom. The number of nitrogens with one attached hydrogen (secondary N) is 2. The van der Waals surface area contributed by atoms with Crippen LogP contribution in [-0.4, -0.2) is 36.9 Å². The number of carbonyl (C=O) groups excluding carboxylic acids is 2. The largest absolute Gasteiger partial charge is 0.484 e. The van der Waals surface area contributed by atoms with Gasteiger partial charge in [0.1, 0.15) is 5.75 Å². The molecule has 122 valence electrons. The molecule has 1 fully saturated rings. The Morgan fingerprint density at radius 3 is 2.77 bits per heavy atom. The van der Waals surface area contributed by atoms with Gasteiger partial charge in [-0.3, -0.25) is 14.9 Å². The van der Waals surface area contributed by atoms with E-state index in [-0.39, 0.29) is 19.0 Å². The molecule has 0 aromatic heterocycles. The Balaban J connectivity index is 0.00000242. The van der Waals surface area contributed by atoms with E-state index in [4.69, 9.17) is 10.5 Å². The molecule has 1 unspecified atom stereocenters. The second kappa shape index (κ2) is 7.37. The second-order valence-corrected chi connectivity index (χ2v) is 4.77. The Morgan fingerprint density at radius 1 is 1.45 bits per heavy atom. The van der Waals surface area contributed by atoms with Crippen molar-refractivity contribution in [1.29, 1.82) is 0 Å². The molecule has 1 aliphatic heterocycles. The summed E-state index contributed by atoms with van der Waals surface area (Å²) in [5.41, 5.74) is 5.34. The fourth-order valence-electron chi connectivity index (χ4n) is 1.95. The first-order chi connectivity index (χ1) is 9.85.